The van der Waals surface area contributed by atoms with Crippen LogP contribution in [0.1, 0.15) is 19.8 Å². The monoisotopic (exact) mass is 151 g/mol. The van der Waals surface area contributed by atoms with E-state index in [4.69, 9.17) is 10.00 Å². The molecular weight excluding hydrogens is 142 g/mol. The van der Waals surface area contributed by atoms with Crippen LogP contribution >= 0.6 is 0 Å². The van der Waals surface area contributed by atoms with Gasteiger partial charge in [0, 0.05) is 18.4 Å². The van der Waals surface area contributed by atoms with Crippen LogP contribution in [0.4, 0.5) is 0 Å². The Morgan fingerprint density at radius 2 is 2.27 bits per heavy atom. The molecule has 1 aliphatic rings. The van der Waals surface area contributed by atoms with Gasteiger partial charge in [-0.05, 0) is 6.92 Å². The smallest absolute Gasteiger partial charge is 0.334 e. The van der Waals surface area contributed by atoms with Crippen LogP contribution in [0.2, 0.25) is 0 Å². The van der Waals surface area contributed by atoms with Crippen molar-refractivity contribution in [3.63, 3.8) is 0 Å². The van der Waals surface area contributed by atoms with Crippen molar-refractivity contribution >= 4 is 5.97 Å². The lowest BCUT2D eigenvalue weighted by Gasteiger charge is -2.06. The summed E-state index contributed by atoms with van der Waals surface area (Å²) < 4.78 is 4.86. The second kappa shape index (κ2) is 2.39. The average Bonchev–Trinajstić information content (AvgIpc) is 2.69. The van der Waals surface area contributed by atoms with Gasteiger partial charge < -0.3 is 4.74 Å². The highest BCUT2D eigenvalue weighted by molar-refractivity contribution is 5.87. The van der Waals surface area contributed by atoms with E-state index in [0.29, 0.717) is 18.4 Å². The van der Waals surface area contributed by atoms with Crippen molar-refractivity contribution in [2.45, 2.75) is 25.4 Å². The first kappa shape index (κ1) is 7.80. The SMILES string of the molecule is C=C(C)C(=O)OC1(C#N)CC1. The quantitative estimate of drug-likeness (QED) is 0.439. The van der Waals surface area contributed by atoms with Gasteiger partial charge in [-0.1, -0.05) is 6.58 Å². The Hall–Kier alpha value is -1.30. The van der Waals surface area contributed by atoms with E-state index >= 15 is 0 Å². The Kier molecular flexibility index (Phi) is 1.69. The number of rotatable bonds is 2. The summed E-state index contributed by atoms with van der Waals surface area (Å²) in [6.07, 6.45) is 1.31. The normalized spacial score (nSPS) is 18.2. The molecule has 0 radical (unpaired) electrons. The molecule has 0 bridgehead atoms. The van der Waals surface area contributed by atoms with Crippen molar-refractivity contribution in [3.05, 3.63) is 12.2 Å². The molecule has 0 aromatic heterocycles. The third kappa shape index (κ3) is 1.58. The molecule has 0 spiro atoms. The van der Waals surface area contributed by atoms with Crippen molar-refractivity contribution in [1.29, 1.82) is 5.26 Å². The van der Waals surface area contributed by atoms with Gasteiger partial charge in [-0.3, -0.25) is 0 Å². The van der Waals surface area contributed by atoms with Gasteiger partial charge in [0.05, 0.1) is 0 Å². The first-order chi connectivity index (χ1) is 5.09. The summed E-state index contributed by atoms with van der Waals surface area (Å²) in [5.41, 5.74) is -0.470. The van der Waals surface area contributed by atoms with Crippen LogP contribution in [0.3, 0.4) is 0 Å². The lowest BCUT2D eigenvalue weighted by molar-refractivity contribution is -0.143. The predicted molar refractivity (Wildman–Crippen MR) is 38.5 cm³/mol. The molecule has 1 aliphatic carbocycles. The van der Waals surface area contributed by atoms with Crippen LogP contribution in [0, 0.1) is 11.3 Å². The lowest BCUT2D eigenvalue weighted by atomic mass is 10.3. The first-order valence-corrected chi connectivity index (χ1v) is 3.40. The molecule has 0 aromatic carbocycles. The standard InChI is InChI=1S/C8H9NO2/c1-6(2)7(10)11-8(5-9)3-4-8/h1,3-4H2,2H3. The van der Waals surface area contributed by atoms with E-state index in [2.05, 4.69) is 6.58 Å². The lowest BCUT2D eigenvalue weighted by Crippen LogP contribution is -2.17. The summed E-state index contributed by atoms with van der Waals surface area (Å²) in [7, 11) is 0. The summed E-state index contributed by atoms with van der Waals surface area (Å²) in [4.78, 5) is 10.9. The fourth-order valence-electron chi connectivity index (χ4n) is 0.615. The van der Waals surface area contributed by atoms with Crippen LogP contribution in [-0.4, -0.2) is 11.6 Å². The van der Waals surface area contributed by atoms with Gasteiger partial charge in [-0.25, -0.2) is 4.79 Å². The van der Waals surface area contributed by atoms with E-state index in [1.54, 1.807) is 6.92 Å². The third-order valence-corrected chi connectivity index (χ3v) is 1.54. The summed E-state index contributed by atoms with van der Waals surface area (Å²) in [5.74, 6) is -0.468. The summed E-state index contributed by atoms with van der Waals surface area (Å²) >= 11 is 0. The molecule has 11 heavy (non-hydrogen) atoms. The minimum atomic E-state index is -0.809. The van der Waals surface area contributed by atoms with Gasteiger partial charge in [0.25, 0.3) is 0 Å². The number of nitriles is 1. The first-order valence-electron chi connectivity index (χ1n) is 3.40. The van der Waals surface area contributed by atoms with Crippen LogP contribution in [0.5, 0.6) is 0 Å². The zero-order valence-corrected chi connectivity index (χ0v) is 6.39. The molecule has 0 aliphatic heterocycles. The maximum absolute atomic E-state index is 10.9. The zero-order valence-electron chi connectivity index (χ0n) is 6.39. The van der Waals surface area contributed by atoms with E-state index in [0.717, 1.165) is 0 Å². The molecular formula is C8H9NO2. The van der Waals surface area contributed by atoms with Gasteiger partial charge in [0.1, 0.15) is 6.07 Å². The predicted octanol–water partition coefficient (Wildman–Crippen LogP) is 1.16. The molecule has 0 atom stereocenters. The van der Waals surface area contributed by atoms with Gasteiger partial charge in [0.2, 0.25) is 0 Å². The van der Waals surface area contributed by atoms with Crippen molar-refractivity contribution in [2.75, 3.05) is 0 Å². The Balaban J connectivity index is 2.51. The molecule has 0 N–H and O–H groups in total. The molecule has 0 saturated heterocycles. The van der Waals surface area contributed by atoms with E-state index in [1.807, 2.05) is 6.07 Å². The summed E-state index contributed by atoms with van der Waals surface area (Å²) in [5, 5.41) is 8.53. The number of hydrogen-bond acceptors (Lipinski definition) is 3. The van der Waals surface area contributed by atoms with Crippen LogP contribution < -0.4 is 0 Å². The van der Waals surface area contributed by atoms with E-state index < -0.39 is 11.6 Å². The highest BCUT2D eigenvalue weighted by Crippen LogP contribution is 2.39. The van der Waals surface area contributed by atoms with Crippen molar-refractivity contribution in [2.24, 2.45) is 0 Å². The molecule has 0 unspecified atom stereocenters. The Labute approximate surface area is 65.3 Å². The Morgan fingerprint density at radius 3 is 2.55 bits per heavy atom. The van der Waals surface area contributed by atoms with Gasteiger partial charge >= 0.3 is 5.97 Å². The topological polar surface area (TPSA) is 50.1 Å². The molecule has 1 saturated carbocycles. The maximum atomic E-state index is 10.9. The second-order valence-corrected chi connectivity index (χ2v) is 2.78. The largest absolute Gasteiger partial charge is 0.440 e. The number of carbonyl (C=O) groups is 1. The molecule has 0 aromatic rings. The molecule has 0 amide bonds. The number of carbonyl (C=O) groups excluding carboxylic acids is 1. The Morgan fingerprint density at radius 1 is 1.73 bits per heavy atom. The van der Waals surface area contributed by atoms with Gasteiger partial charge in [-0.15, -0.1) is 0 Å². The molecule has 1 rings (SSSR count). The van der Waals surface area contributed by atoms with Crippen LogP contribution in [0.15, 0.2) is 12.2 Å². The number of nitrogens with zero attached hydrogens (tertiary/aromatic N) is 1. The number of hydrogen-bond donors (Lipinski definition) is 0. The maximum Gasteiger partial charge on any atom is 0.334 e. The minimum absolute atomic E-state index is 0.339. The minimum Gasteiger partial charge on any atom is -0.440 e. The highest BCUT2D eigenvalue weighted by atomic mass is 16.6. The number of esters is 1. The van der Waals surface area contributed by atoms with Crippen molar-refractivity contribution < 1.29 is 9.53 Å². The van der Waals surface area contributed by atoms with Gasteiger partial charge in [0.15, 0.2) is 5.60 Å². The zero-order chi connectivity index (χ0) is 8.48. The summed E-state index contributed by atoms with van der Waals surface area (Å²) in [6.45, 7) is 4.98. The van der Waals surface area contributed by atoms with E-state index in [-0.39, 0.29) is 0 Å². The molecule has 0 heterocycles. The second-order valence-electron chi connectivity index (χ2n) is 2.78. The average molecular weight is 151 g/mol. The molecule has 3 nitrogen and oxygen atoms in total. The van der Waals surface area contributed by atoms with Crippen LogP contribution in [-0.2, 0) is 9.53 Å². The highest BCUT2D eigenvalue weighted by Gasteiger charge is 2.47. The Bertz CT molecular complexity index is 245. The third-order valence-electron chi connectivity index (χ3n) is 1.54. The van der Waals surface area contributed by atoms with E-state index in [9.17, 15) is 4.79 Å². The fourth-order valence-corrected chi connectivity index (χ4v) is 0.615. The molecule has 1 fully saturated rings. The van der Waals surface area contributed by atoms with Gasteiger partial charge in [-0.2, -0.15) is 5.26 Å². The molecule has 3 heteroatoms. The summed E-state index contributed by atoms with van der Waals surface area (Å²) in [6, 6.07) is 1.95. The van der Waals surface area contributed by atoms with Crippen molar-refractivity contribution in [3.8, 4) is 6.07 Å². The number of ether oxygens (including phenoxy) is 1. The van der Waals surface area contributed by atoms with E-state index in [1.165, 1.54) is 0 Å². The molecule has 58 valence electrons. The fraction of sp³-hybridized carbons (Fsp3) is 0.500. The van der Waals surface area contributed by atoms with Crippen molar-refractivity contribution in [1.82, 2.24) is 0 Å². The van der Waals surface area contributed by atoms with Crippen LogP contribution in [0.25, 0.3) is 0 Å².